The fraction of sp³-hybridized carbons (Fsp3) is 0.111. The van der Waals surface area contributed by atoms with Crippen LogP contribution >= 0.6 is 27.5 Å². The summed E-state index contributed by atoms with van der Waals surface area (Å²) in [6.07, 6.45) is 1.66. The van der Waals surface area contributed by atoms with Gasteiger partial charge in [0.25, 0.3) is 0 Å². The third-order valence-electron chi connectivity index (χ3n) is 1.80. The molecule has 0 fully saturated rings. The van der Waals surface area contributed by atoms with Crippen LogP contribution in [0.25, 0.3) is 11.0 Å². The van der Waals surface area contributed by atoms with Gasteiger partial charge < -0.3 is 4.42 Å². The van der Waals surface area contributed by atoms with Gasteiger partial charge >= 0.3 is 0 Å². The molecule has 1 nitrogen and oxygen atoms in total. The zero-order valence-corrected chi connectivity index (χ0v) is 8.52. The molecule has 0 N–H and O–H groups in total. The Labute approximate surface area is 83.4 Å². The number of hydrogen-bond donors (Lipinski definition) is 0. The van der Waals surface area contributed by atoms with Gasteiger partial charge in [0.1, 0.15) is 0 Å². The van der Waals surface area contributed by atoms with E-state index < -0.39 is 0 Å². The Kier molecular flexibility index (Phi) is 2.11. The summed E-state index contributed by atoms with van der Waals surface area (Å²) >= 11 is 9.32. The molecule has 0 saturated heterocycles. The number of rotatable bonds is 1. The molecule has 1 heterocycles. The summed E-state index contributed by atoms with van der Waals surface area (Å²) in [4.78, 5) is 0. The summed E-state index contributed by atoms with van der Waals surface area (Å²) in [5, 5.41) is 2.57. The highest BCUT2D eigenvalue weighted by Gasteiger charge is 2.05. The fourth-order valence-corrected chi connectivity index (χ4v) is 1.90. The van der Waals surface area contributed by atoms with Crippen molar-refractivity contribution in [3.8, 4) is 0 Å². The van der Waals surface area contributed by atoms with Crippen molar-refractivity contribution in [1.82, 2.24) is 0 Å². The average Bonchev–Trinajstić information content (AvgIpc) is 2.54. The summed E-state index contributed by atoms with van der Waals surface area (Å²) in [6, 6.07) is 5.77. The zero-order chi connectivity index (χ0) is 8.55. The van der Waals surface area contributed by atoms with Crippen molar-refractivity contribution >= 4 is 38.5 Å². The van der Waals surface area contributed by atoms with Crippen LogP contribution in [-0.2, 0) is 5.33 Å². The van der Waals surface area contributed by atoms with E-state index in [1.54, 1.807) is 6.26 Å². The molecule has 0 saturated carbocycles. The van der Waals surface area contributed by atoms with Crippen molar-refractivity contribution in [1.29, 1.82) is 0 Å². The van der Waals surface area contributed by atoms with E-state index in [0.29, 0.717) is 5.02 Å². The van der Waals surface area contributed by atoms with Crippen molar-refractivity contribution in [3.05, 3.63) is 35.0 Å². The first kappa shape index (κ1) is 8.14. The van der Waals surface area contributed by atoms with E-state index in [-0.39, 0.29) is 0 Å². The van der Waals surface area contributed by atoms with Gasteiger partial charge in [0.15, 0.2) is 5.58 Å². The van der Waals surface area contributed by atoms with Crippen LogP contribution in [-0.4, -0.2) is 0 Å². The molecule has 0 unspecified atom stereocenters. The Morgan fingerprint density at radius 1 is 1.33 bits per heavy atom. The minimum atomic E-state index is 0.666. The van der Waals surface area contributed by atoms with E-state index in [9.17, 15) is 0 Å². The lowest BCUT2D eigenvalue weighted by atomic mass is 10.1. The van der Waals surface area contributed by atoms with E-state index in [0.717, 1.165) is 16.3 Å². The first-order chi connectivity index (χ1) is 5.83. The van der Waals surface area contributed by atoms with Gasteiger partial charge in [-0.05, 0) is 17.7 Å². The molecule has 0 atom stereocenters. The third-order valence-corrected chi connectivity index (χ3v) is 2.70. The summed E-state index contributed by atoms with van der Waals surface area (Å²) in [7, 11) is 0. The van der Waals surface area contributed by atoms with E-state index in [1.807, 2.05) is 18.2 Å². The maximum absolute atomic E-state index is 5.92. The van der Waals surface area contributed by atoms with E-state index in [1.165, 1.54) is 5.56 Å². The maximum atomic E-state index is 5.92. The Balaban J connectivity index is 2.82. The van der Waals surface area contributed by atoms with Crippen molar-refractivity contribution in [2.75, 3.05) is 0 Å². The largest absolute Gasteiger partial charge is 0.463 e. The molecule has 0 aliphatic carbocycles. The van der Waals surface area contributed by atoms with Gasteiger partial charge in [-0.2, -0.15) is 0 Å². The monoisotopic (exact) mass is 244 g/mol. The summed E-state index contributed by atoms with van der Waals surface area (Å²) in [6.45, 7) is 0. The van der Waals surface area contributed by atoms with Crippen molar-refractivity contribution in [2.45, 2.75) is 5.33 Å². The van der Waals surface area contributed by atoms with Crippen LogP contribution in [0.4, 0.5) is 0 Å². The molecular formula is C9H6BrClO. The van der Waals surface area contributed by atoms with Crippen LogP contribution in [0.1, 0.15) is 5.56 Å². The molecule has 3 heteroatoms. The van der Waals surface area contributed by atoms with Gasteiger partial charge in [0.2, 0.25) is 0 Å². The van der Waals surface area contributed by atoms with Crippen LogP contribution in [0.15, 0.2) is 28.9 Å². The predicted octanol–water partition coefficient (Wildman–Crippen LogP) is 3.98. The predicted molar refractivity (Wildman–Crippen MR) is 53.9 cm³/mol. The molecule has 1 aromatic carbocycles. The molecule has 2 aromatic rings. The van der Waals surface area contributed by atoms with Gasteiger partial charge in [-0.25, -0.2) is 0 Å². The van der Waals surface area contributed by atoms with Crippen LogP contribution < -0.4 is 0 Å². The molecule has 0 aliphatic rings. The fourth-order valence-electron chi connectivity index (χ4n) is 1.20. The first-order valence-corrected chi connectivity index (χ1v) is 5.03. The minimum absolute atomic E-state index is 0.666. The quantitative estimate of drug-likeness (QED) is 0.693. The standard InChI is InChI=1S/C9H6BrClO/c10-5-6-1-2-8(11)9-7(6)3-4-12-9/h1-4H,5H2. The molecular weight excluding hydrogens is 239 g/mol. The smallest absolute Gasteiger partial charge is 0.152 e. The number of halogens is 2. The Hall–Kier alpha value is -0.470. The Morgan fingerprint density at radius 3 is 2.92 bits per heavy atom. The topological polar surface area (TPSA) is 13.1 Å². The average molecular weight is 246 g/mol. The molecule has 1 aromatic heterocycles. The van der Waals surface area contributed by atoms with Crippen LogP contribution in [0, 0.1) is 0 Å². The van der Waals surface area contributed by atoms with Crippen molar-refractivity contribution in [2.24, 2.45) is 0 Å². The molecule has 2 rings (SSSR count). The van der Waals surface area contributed by atoms with Crippen molar-refractivity contribution in [3.63, 3.8) is 0 Å². The van der Waals surface area contributed by atoms with Gasteiger partial charge in [0, 0.05) is 10.7 Å². The second-order valence-electron chi connectivity index (χ2n) is 2.50. The SMILES string of the molecule is Clc1ccc(CBr)c2ccoc12. The Bertz CT molecular complexity index is 408. The second-order valence-corrected chi connectivity index (χ2v) is 3.47. The van der Waals surface area contributed by atoms with Crippen LogP contribution in [0.5, 0.6) is 0 Å². The summed E-state index contributed by atoms with van der Waals surface area (Å²) in [5.74, 6) is 0. The lowest BCUT2D eigenvalue weighted by Crippen LogP contribution is -1.77. The molecule has 0 amide bonds. The molecule has 0 aliphatic heterocycles. The molecule has 0 spiro atoms. The van der Waals surface area contributed by atoms with E-state index in [4.69, 9.17) is 16.0 Å². The first-order valence-electron chi connectivity index (χ1n) is 3.53. The second kappa shape index (κ2) is 3.11. The normalized spacial score (nSPS) is 10.8. The van der Waals surface area contributed by atoms with Gasteiger partial charge in [-0.1, -0.05) is 33.6 Å². The molecule has 12 heavy (non-hydrogen) atoms. The minimum Gasteiger partial charge on any atom is -0.463 e. The molecule has 0 radical (unpaired) electrons. The third kappa shape index (κ3) is 1.15. The number of fused-ring (bicyclic) bond motifs is 1. The van der Waals surface area contributed by atoms with E-state index >= 15 is 0 Å². The molecule has 62 valence electrons. The number of hydrogen-bond acceptors (Lipinski definition) is 1. The lowest BCUT2D eigenvalue weighted by Gasteiger charge is -1.97. The van der Waals surface area contributed by atoms with Crippen molar-refractivity contribution < 1.29 is 4.42 Å². The highest BCUT2D eigenvalue weighted by molar-refractivity contribution is 9.08. The number of furan rings is 1. The summed E-state index contributed by atoms with van der Waals surface area (Å²) < 4.78 is 5.24. The van der Waals surface area contributed by atoms with Crippen LogP contribution in [0.3, 0.4) is 0 Å². The van der Waals surface area contributed by atoms with Gasteiger partial charge in [0.05, 0.1) is 11.3 Å². The summed E-state index contributed by atoms with van der Waals surface area (Å²) in [5.41, 5.74) is 1.97. The highest BCUT2D eigenvalue weighted by atomic mass is 79.9. The van der Waals surface area contributed by atoms with Gasteiger partial charge in [-0.15, -0.1) is 0 Å². The maximum Gasteiger partial charge on any atom is 0.152 e. The highest BCUT2D eigenvalue weighted by Crippen LogP contribution is 2.28. The number of benzene rings is 1. The lowest BCUT2D eigenvalue weighted by molar-refractivity contribution is 0.616. The Morgan fingerprint density at radius 2 is 2.17 bits per heavy atom. The van der Waals surface area contributed by atoms with Crippen LogP contribution in [0.2, 0.25) is 5.02 Å². The molecule has 0 bridgehead atoms. The van der Waals surface area contributed by atoms with Gasteiger partial charge in [-0.3, -0.25) is 0 Å². The number of alkyl halides is 1. The zero-order valence-electron chi connectivity index (χ0n) is 6.18. The van der Waals surface area contributed by atoms with E-state index in [2.05, 4.69) is 15.9 Å².